The molecule has 0 saturated carbocycles. The van der Waals surface area contributed by atoms with Crippen molar-refractivity contribution in [3.8, 4) is 0 Å². The molecular formula is C11H19NO3. The van der Waals surface area contributed by atoms with Gasteiger partial charge in [-0.2, -0.15) is 0 Å². The molecule has 1 heterocycles. The van der Waals surface area contributed by atoms with E-state index in [2.05, 4.69) is 0 Å². The fourth-order valence-corrected chi connectivity index (χ4v) is 1.03. The van der Waals surface area contributed by atoms with E-state index in [1.807, 2.05) is 32.0 Å². The SMILES string of the molecule is CC(=CC(C)N(C)C)C(=O)OCC1CO1. The molecule has 0 spiro atoms. The second kappa shape index (κ2) is 5.28. The van der Waals surface area contributed by atoms with Crippen LogP contribution in [0.3, 0.4) is 0 Å². The molecule has 86 valence electrons. The number of epoxide rings is 1. The Bertz CT molecular complexity index is 257. The lowest BCUT2D eigenvalue weighted by molar-refractivity contribution is -0.139. The van der Waals surface area contributed by atoms with Gasteiger partial charge in [0.1, 0.15) is 12.7 Å². The van der Waals surface area contributed by atoms with Crippen molar-refractivity contribution in [2.24, 2.45) is 0 Å². The molecule has 1 saturated heterocycles. The minimum atomic E-state index is -0.251. The summed E-state index contributed by atoms with van der Waals surface area (Å²) in [6.45, 7) is 4.89. The maximum atomic E-state index is 11.5. The first kappa shape index (κ1) is 12.2. The molecule has 1 fully saturated rings. The summed E-state index contributed by atoms with van der Waals surface area (Å²) in [5.41, 5.74) is 0.650. The zero-order valence-electron chi connectivity index (χ0n) is 9.82. The van der Waals surface area contributed by atoms with Gasteiger partial charge in [0.25, 0.3) is 0 Å². The van der Waals surface area contributed by atoms with E-state index in [-0.39, 0.29) is 18.1 Å². The smallest absolute Gasteiger partial charge is 0.333 e. The van der Waals surface area contributed by atoms with Crippen molar-refractivity contribution >= 4 is 5.97 Å². The van der Waals surface area contributed by atoms with Crippen LogP contribution in [-0.4, -0.2) is 50.3 Å². The van der Waals surface area contributed by atoms with Crippen LogP contribution in [0.5, 0.6) is 0 Å². The Balaban J connectivity index is 2.35. The molecule has 0 aromatic carbocycles. The lowest BCUT2D eigenvalue weighted by Crippen LogP contribution is -2.23. The number of hydrogen-bond donors (Lipinski definition) is 0. The molecule has 0 aromatic heterocycles. The van der Waals surface area contributed by atoms with E-state index in [4.69, 9.17) is 9.47 Å². The van der Waals surface area contributed by atoms with Crippen molar-refractivity contribution in [3.05, 3.63) is 11.6 Å². The number of carbonyl (C=O) groups is 1. The fraction of sp³-hybridized carbons (Fsp3) is 0.727. The van der Waals surface area contributed by atoms with Gasteiger partial charge in [-0.15, -0.1) is 0 Å². The van der Waals surface area contributed by atoms with Gasteiger partial charge < -0.3 is 14.4 Å². The molecule has 1 aliphatic rings. The Kier molecular flexibility index (Phi) is 4.29. The molecule has 15 heavy (non-hydrogen) atoms. The third-order valence-corrected chi connectivity index (χ3v) is 2.43. The molecule has 0 aromatic rings. The van der Waals surface area contributed by atoms with E-state index >= 15 is 0 Å². The van der Waals surface area contributed by atoms with Gasteiger partial charge in [0.15, 0.2) is 0 Å². The van der Waals surface area contributed by atoms with E-state index < -0.39 is 0 Å². The maximum Gasteiger partial charge on any atom is 0.333 e. The second-order valence-corrected chi connectivity index (χ2v) is 4.11. The maximum absolute atomic E-state index is 11.5. The standard InChI is InChI=1S/C11H19NO3/c1-8(5-9(2)12(3)4)11(13)15-7-10-6-14-10/h5,9-10H,6-7H2,1-4H3. The number of rotatable bonds is 5. The topological polar surface area (TPSA) is 42.1 Å². The predicted molar refractivity (Wildman–Crippen MR) is 57.6 cm³/mol. The van der Waals surface area contributed by atoms with E-state index in [9.17, 15) is 4.79 Å². The van der Waals surface area contributed by atoms with Crippen LogP contribution in [-0.2, 0) is 14.3 Å². The molecule has 4 heteroatoms. The van der Waals surface area contributed by atoms with Crippen LogP contribution in [0.25, 0.3) is 0 Å². The van der Waals surface area contributed by atoms with Crippen molar-refractivity contribution in [1.29, 1.82) is 0 Å². The molecule has 0 N–H and O–H groups in total. The minimum absolute atomic E-state index is 0.132. The zero-order valence-corrected chi connectivity index (χ0v) is 9.82. The summed E-state index contributed by atoms with van der Waals surface area (Å²) in [4.78, 5) is 13.5. The molecule has 1 aliphatic heterocycles. The number of likely N-dealkylation sites (N-methyl/N-ethyl adjacent to an activating group) is 1. The Labute approximate surface area is 90.8 Å². The largest absolute Gasteiger partial charge is 0.459 e. The number of esters is 1. The van der Waals surface area contributed by atoms with Gasteiger partial charge in [-0.1, -0.05) is 6.08 Å². The lowest BCUT2D eigenvalue weighted by Gasteiger charge is -2.16. The summed E-state index contributed by atoms with van der Waals surface area (Å²) in [6.07, 6.45) is 2.03. The van der Waals surface area contributed by atoms with Crippen LogP contribution >= 0.6 is 0 Å². The summed E-state index contributed by atoms with van der Waals surface area (Å²) in [5, 5.41) is 0. The molecular weight excluding hydrogens is 194 g/mol. The van der Waals surface area contributed by atoms with Crippen molar-refractivity contribution in [2.45, 2.75) is 26.0 Å². The second-order valence-electron chi connectivity index (χ2n) is 4.11. The average molecular weight is 213 g/mol. The third kappa shape index (κ3) is 4.44. The van der Waals surface area contributed by atoms with Crippen molar-refractivity contribution < 1.29 is 14.3 Å². The summed E-state index contributed by atoms with van der Waals surface area (Å²) < 4.78 is 10.0. The molecule has 4 nitrogen and oxygen atoms in total. The number of nitrogens with zero attached hydrogens (tertiary/aromatic N) is 1. The highest BCUT2D eigenvalue weighted by Crippen LogP contribution is 2.10. The quantitative estimate of drug-likeness (QED) is 0.385. The summed E-state index contributed by atoms with van der Waals surface area (Å²) >= 11 is 0. The number of carbonyl (C=O) groups excluding carboxylic acids is 1. The van der Waals surface area contributed by atoms with Gasteiger partial charge in [-0.05, 0) is 27.9 Å². The highest BCUT2D eigenvalue weighted by molar-refractivity contribution is 5.87. The number of ether oxygens (including phenoxy) is 2. The van der Waals surface area contributed by atoms with Crippen molar-refractivity contribution in [3.63, 3.8) is 0 Å². The van der Waals surface area contributed by atoms with E-state index in [0.29, 0.717) is 18.8 Å². The first-order valence-corrected chi connectivity index (χ1v) is 5.14. The van der Waals surface area contributed by atoms with Crippen molar-refractivity contribution in [1.82, 2.24) is 4.90 Å². The molecule has 2 atom stereocenters. The van der Waals surface area contributed by atoms with Gasteiger partial charge in [-0.25, -0.2) is 4.79 Å². The van der Waals surface area contributed by atoms with Gasteiger partial charge in [0.2, 0.25) is 0 Å². The number of hydrogen-bond acceptors (Lipinski definition) is 4. The van der Waals surface area contributed by atoms with Crippen LogP contribution in [0.2, 0.25) is 0 Å². The van der Waals surface area contributed by atoms with Crippen LogP contribution in [0.1, 0.15) is 13.8 Å². The highest BCUT2D eigenvalue weighted by atomic mass is 16.6. The van der Waals surface area contributed by atoms with Gasteiger partial charge >= 0.3 is 5.97 Å². The van der Waals surface area contributed by atoms with Crippen LogP contribution in [0.15, 0.2) is 11.6 Å². The van der Waals surface area contributed by atoms with Gasteiger partial charge in [-0.3, -0.25) is 0 Å². The summed E-state index contributed by atoms with van der Waals surface area (Å²) in [5.74, 6) is -0.251. The average Bonchev–Trinajstić information content (AvgIpc) is 2.97. The van der Waals surface area contributed by atoms with Gasteiger partial charge in [0.05, 0.1) is 6.61 Å². The van der Waals surface area contributed by atoms with Crippen LogP contribution in [0, 0.1) is 0 Å². The monoisotopic (exact) mass is 213 g/mol. The molecule has 0 amide bonds. The third-order valence-electron chi connectivity index (χ3n) is 2.43. The predicted octanol–water partition coefficient (Wildman–Crippen LogP) is 0.825. The van der Waals surface area contributed by atoms with E-state index in [1.165, 1.54) is 0 Å². The molecule has 2 unspecified atom stereocenters. The summed E-state index contributed by atoms with van der Waals surface area (Å²) in [7, 11) is 3.94. The lowest BCUT2D eigenvalue weighted by atomic mass is 10.2. The first-order chi connectivity index (χ1) is 7.00. The fourth-order valence-electron chi connectivity index (χ4n) is 1.03. The Morgan fingerprint density at radius 3 is 2.73 bits per heavy atom. The Hall–Kier alpha value is -0.870. The zero-order chi connectivity index (χ0) is 11.4. The molecule has 1 rings (SSSR count). The normalized spacial score (nSPS) is 22.7. The van der Waals surface area contributed by atoms with Crippen LogP contribution < -0.4 is 0 Å². The van der Waals surface area contributed by atoms with Crippen LogP contribution in [0.4, 0.5) is 0 Å². The van der Waals surface area contributed by atoms with E-state index in [0.717, 1.165) is 0 Å². The minimum Gasteiger partial charge on any atom is -0.459 e. The van der Waals surface area contributed by atoms with Crippen molar-refractivity contribution in [2.75, 3.05) is 27.3 Å². The Morgan fingerprint density at radius 2 is 2.27 bits per heavy atom. The highest BCUT2D eigenvalue weighted by Gasteiger charge is 2.24. The Morgan fingerprint density at radius 1 is 1.67 bits per heavy atom. The molecule has 0 aliphatic carbocycles. The van der Waals surface area contributed by atoms with E-state index in [1.54, 1.807) is 6.92 Å². The summed E-state index contributed by atoms with van der Waals surface area (Å²) in [6, 6.07) is 0.231. The first-order valence-electron chi connectivity index (χ1n) is 5.14. The molecule has 0 radical (unpaired) electrons. The molecule has 0 bridgehead atoms. The van der Waals surface area contributed by atoms with Gasteiger partial charge in [0, 0.05) is 11.6 Å².